The molecule has 0 aliphatic heterocycles. The number of nitriles is 1. The Hall–Kier alpha value is -2.55. The van der Waals surface area contributed by atoms with E-state index in [0.29, 0.717) is 6.04 Å². The second-order valence-electron chi connectivity index (χ2n) is 7.46. The molecule has 0 aromatic carbocycles. The number of carbonyl (C=O) groups is 2. The van der Waals surface area contributed by atoms with Crippen LogP contribution in [0.5, 0.6) is 0 Å². The highest BCUT2D eigenvalue weighted by molar-refractivity contribution is 5.99. The zero-order chi connectivity index (χ0) is 20.0. The highest BCUT2D eigenvalue weighted by Crippen LogP contribution is 2.32. The summed E-state index contributed by atoms with van der Waals surface area (Å²) in [5.74, 6) is -1.16. The Bertz CT molecular complexity index is 762. The molecule has 2 rings (SSSR count). The van der Waals surface area contributed by atoms with Crippen LogP contribution in [0.3, 0.4) is 0 Å². The zero-order valence-corrected chi connectivity index (χ0v) is 16.7. The molecule has 6 heteroatoms. The zero-order valence-electron chi connectivity index (χ0n) is 16.7. The van der Waals surface area contributed by atoms with Gasteiger partial charge in [-0.05, 0) is 58.2 Å². The average Bonchev–Trinajstić information content (AvgIpc) is 2.91. The fourth-order valence-electron chi connectivity index (χ4n) is 3.71. The standard InChI is InChI=1S/C21H29N3O3/c1-14(2)23-20(25)13-27-21(26)18(12-22)11-17-10-15(3)24(16(17)4)19-8-6-5-7-9-19/h10-11,14,19H,5-9,13H2,1-4H3,(H,23,25)/b18-11+. The van der Waals surface area contributed by atoms with Crippen molar-refractivity contribution in [2.45, 2.75) is 71.9 Å². The van der Waals surface area contributed by atoms with Crippen molar-refractivity contribution in [2.24, 2.45) is 0 Å². The van der Waals surface area contributed by atoms with E-state index in [1.165, 1.54) is 19.3 Å². The van der Waals surface area contributed by atoms with Gasteiger partial charge in [-0.3, -0.25) is 4.79 Å². The summed E-state index contributed by atoms with van der Waals surface area (Å²) in [6.07, 6.45) is 7.65. The maximum Gasteiger partial charge on any atom is 0.349 e. The average molecular weight is 371 g/mol. The van der Waals surface area contributed by atoms with Crippen LogP contribution in [0.15, 0.2) is 11.6 Å². The molecular formula is C21H29N3O3. The lowest BCUT2D eigenvalue weighted by molar-refractivity contribution is -0.144. The molecule has 1 amide bonds. The van der Waals surface area contributed by atoms with Crippen LogP contribution in [0.1, 0.15) is 68.9 Å². The van der Waals surface area contributed by atoms with Gasteiger partial charge in [0, 0.05) is 23.5 Å². The number of hydrogen-bond acceptors (Lipinski definition) is 4. The van der Waals surface area contributed by atoms with Crippen LogP contribution in [0, 0.1) is 25.2 Å². The Morgan fingerprint density at radius 3 is 2.59 bits per heavy atom. The number of nitrogens with zero attached hydrogens (tertiary/aromatic N) is 2. The van der Waals surface area contributed by atoms with Gasteiger partial charge in [0.2, 0.25) is 0 Å². The van der Waals surface area contributed by atoms with E-state index in [2.05, 4.69) is 16.8 Å². The molecule has 0 saturated heterocycles. The van der Waals surface area contributed by atoms with Gasteiger partial charge in [-0.15, -0.1) is 0 Å². The van der Waals surface area contributed by atoms with Crippen molar-refractivity contribution in [3.63, 3.8) is 0 Å². The minimum atomic E-state index is -0.779. The summed E-state index contributed by atoms with van der Waals surface area (Å²) in [5.41, 5.74) is 2.93. The molecule has 1 aliphatic carbocycles. The van der Waals surface area contributed by atoms with E-state index in [4.69, 9.17) is 4.74 Å². The summed E-state index contributed by atoms with van der Waals surface area (Å²) in [5, 5.41) is 12.0. The summed E-state index contributed by atoms with van der Waals surface area (Å²) in [4.78, 5) is 23.8. The summed E-state index contributed by atoms with van der Waals surface area (Å²) >= 11 is 0. The van der Waals surface area contributed by atoms with Gasteiger partial charge in [0.15, 0.2) is 6.61 Å². The number of aromatic nitrogens is 1. The lowest BCUT2D eigenvalue weighted by Crippen LogP contribution is -2.34. The molecular weight excluding hydrogens is 342 g/mol. The second-order valence-corrected chi connectivity index (χ2v) is 7.46. The summed E-state index contributed by atoms with van der Waals surface area (Å²) in [6.45, 7) is 7.32. The quantitative estimate of drug-likeness (QED) is 0.470. The van der Waals surface area contributed by atoms with Gasteiger partial charge in [0.05, 0.1) is 0 Å². The molecule has 0 bridgehead atoms. The largest absolute Gasteiger partial charge is 0.451 e. The number of nitrogens with one attached hydrogen (secondary N) is 1. The van der Waals surface area contributed by atoms with E-state index in [0.717, 1.165) is 29.8 Å². The minimum Gasteiger partial charge on any atom is -0.451 e. The van der Waals surface area contributed by atoms with Gasteiger partial charge < -0.3 is 14.6 Å². The third-order valence-corrected chi connectivity index (χ3v) is 4.89. The number of ether oxygens (including phenoxy) is 1. The number of aryl methyl sites for hydroxylation is 1. The molecule has 1 aromatic heterocycles. The lowest BCUT2D eigenvalue weighted by atomic mass is 9.95. The third kappa shape index (κ3) is 5.46. The molecule has 6 nitrogen and oxygen atoms in total. The van der Waals surface area contributed by atoms with Gasteiger partial charge >= 0.3 is 5.97 Å². The Morgan fingerprint density at radius 1 is 1.33 bits per heavy atom. The predicted molar refractivity (Wildman–Crippen MR) is 104 cm³/mol. The fraction of sp³-hybridized carbons (Fsp3) is 0.571. The number of esters is 1. The smallest absolute Gasteiger partial charge is 0.349 e. The molecule has 1 saturated carbocycles. The maximum absolute atomic E-state index is 12.2. The Kier molecular flexibility index (Phi) is 7.23. The summed E-state index contributed by atoms with van der Waals surface area (Å²) < 4.78 is 7.30. The van der Waals surface area contributed by atoms with Crippen molar-refractivity contribution in [1.82, 2.24) is 9.88 Å². The first kappa shape index (κ1) is 20.8. The maximum atomic E-state index is 12.2. The highest BCUT2D eigenvalue weighted by Gasteiger charge is 2.21. The lowest BCUT2D eigenvalue weighted by Gasteiger charge is -2.26. The molecule has 1 aromatic rings. The molecule has 1 heterocycles. The van der Waals surface area contributed by atoms with Gasteiger partial charge in [-0.2, -0.15) is 5.26 Å². The van der Waals surface area contributed by atoms with Crippen molar-refractivity contribution in [3.05, 3.63) is 28.6 Å². The fourth-order valence-corrected chi connectivity index (χ4v) is 3.71. The van der Waals surface area contributed by atoms with Crippen molar-refractivity contribution in [3.8, 4) is 6.07 Å². The van der Waals surface area contributed by atoms with Crippen LogP contribution in [0.2, 0.25) is 0 Å². The Labute approximate surface area is 161 Å². The van der Waals surface area contributed by atoms with Crippen LogP contribution in [0.4, 0.5) is 0 Å². The third-order valence-electron chi connectivity index (χ3n) is 4.89. The van der Waals surface area contributed by atoms with Crippen molar-refractivity contribution < 1.29 is 14.3 Å². The Balaban J connectivity index is 2.14. The molecule has 0 atom stereocenters. The van der Waals surface area contributed by atoms with Gasteiger partial charge in [-0.25, -0.2) is 4.79 Å². The van der Waals surface area contributed by atoms with Gasteiger partial charge in [0.25, 0.3) is 5.91 Å². The summed E-state index contributed by atoms with van der Waals surface area (Å²) in [6, 6.07) is 4.35. The number of carbonyl (C=O) groups excluding carboxylic acids is 2. The molecule has 27 heavy (non-hydrogen) atoms. The van der Waals surface area contributed by atoms with Crippen LogP contribution in [0.25, 0.3) is 6.08 Å². The normalized spacial score (nSPS) is 15.5. The van der Waals surface area contributed by atoms with Gasteiger partial charge in [-0.1, -0.05) is 19.3 Å². The monoisotopic (exact) mass is 371 g/mol. The summed E-state index contributed by atoms with van der Waals surface area (Å²) in [7, 11) is 0. The van der Waals surface area contributed by atoms with Crippen molar-refractivity contribution >= 4 is 18.0 Å². The Morgan fingerprint density at radius 2 is 2.00 bits per heavy atom. The highest BCUT2D eigenvalue weighted by atomic mass is 16.5. The van der Waals surface area contributed by atoms with E-state index in [1.807, 2.05) is 32.9 Å². The van der Waals surface area contributed by atoms with E-state index in [1.54, 1.807) is 6.08 Å². The first-order valence-corrected chi connectivity index (χ1v) is 9.60. The molecule has 0 spiro atoms. The topological polar surface area (TPSA) is 84.1 Å². The van der Waals surface area contributed by atoms with E-state index >= 15 is 0 Å². The molecule has 1 aliphatic rings. The first-order valence-electron chi connectivity index (χ1n) is 9.60. The van der Waals surface area contributed by atoms with Crippen molar-refractivity contribution in [2.75, 3.05) is 6.61 Å². The van der Waals surface area contributed by atoms with Crippen LogP contribution < -0.4 is 5.32 Å². The number of hydrogen-bond donors (Lipinski definition) is 1. The molecule has 0 unspecified atom stereocenters. The molecule has 1 fully saturated rings. The minimum absolute atomic E-state index is 0.0349. The van der Waals surface area contributed by atoms with E-state index < -0.39 is 12.6 Å². The van der Waals surface area contributed by atoms with Crippen LogP contribution >= 0.6 is 0 Å². The number of rotatable bonds is 6. The van der Waals surface area contributed by atoms with E-state index in [-0.39, 0.29) is 17.5 Å². The first-order chi connectivity index (χ1) is 12.8. The molecule has 0 radical (unpaired) electrons. The van der Waals surface area contributed by atoms with Crippen molar-refractivity contribution in [1.29, 1.82) is 5.26 Å². The van der Waals surface area contributed by atoms with E-state index in [9.17, 15) is 14.9 Å². The van der Waals surface area contributed by atoms with Crippen LogP contribution in [-0.2, 0) is 14.3 Å². The van der Waals surface area contributed by atoms with Crippen LogP contribution in [-0.4, -0.2) is 29.1 Å². The van der Waals surface area contributed by atoms with Gasteiger partial charge in [0.1, 0.15) is 11.6 Å². The second kappa shape index (κ2) is 9.40. The number of amides is 1. The SMILES string of the molecule is Cc1cc(/C=C(\C#N)C(=O)OCC(=O)NC(C)C)c(C)n1C1CCCCC1. The molecule has 1 N–H and O–H groups in total. The predicted octanol–water partition coefficient (Wildman–Crippen LogP) is 3.58. The molecule has 146 valence electrons.